The number of hydrogen-bond acceptors (Lipinski definition) is 3. The van der Waals surface area contributed by atoms with Gasteiger partial charge in [-0.05, 0) is 40.8 Å². The quantitative estimate of drug-likeness (QED) is 0.489. The van der Waals surface area contributed by atoms with Gasteiger partial charge in [0.1, 0.15) is 5.75 Å². The Hall–Kier alpha value is -0.340. The number of anilines is 1. The molecule has 1 unspecified atom stereocenters. The highest BCUT2D eigenvalue weighted by Gasteiger charge is 1.99. The fourth-order valence-corrected chi connectivity index (χ4v) is 1.51. The lowest BCUT2D eigenvalue weighted by Gasteiger charge is -2.09. The minimum Gasteiger partial charge on any atom is -0.755 e. The van der Waals surface area contributed by atoms with E-state index in [1.54, 1.807) is 6.07 Å². The first-order valence-electron chi connectivity index (χ1n) is 2.94. The Morgan fingerprint density at radius 2 is 2.25 bits per heavy atom. The third kappa shape index (κ3) is 2.61. The topological polar surface area (TPSA) is 72.4 Å². The van der Waals surface area contributed by atoms with E-state index in [-0.39, 0.29) is 11.4 Å². The van der Waals surface area contributed by atoms with Crippen LogP contribution in [0.1, 0.15) is 0 Å². The average molecular weight is 298 g/mol. The number of nitrogens with one attached hydrogen (secondary N) is 1. The van der Waals surface area contributed by atoms with Crippen LogP contribution in [0.25, 0.3) is 0 Å². The summed E-state index contributed by atoms with van der Waals surface area (Å²) >= 11 is -0.382. The minimum atomic E-state index is -2.40. The molecule has 1 aromatic rings. The molecule has 0 amide bonds. The zero-order valence-corrected chi connectivity index (χ0v) is 8.76. The Morgan fingerprint density at radius 3 is 2.83 bits per heavy atom. The molecular weight excluding hydrogens is 293 g/mol. The van der Waals surface area contributed by atoms with Crippen molar-refractivity contribution in [3.05, 3.63) is 21.8 Å². The summed E-state index contributed by atoms with van der Waals surface area (Å²) in [5.41, 5.74) is 0.190. The highest BCUT2D eigenvalue weighted by molar-refractivity contribution is 14.1. The van der Waals surface area contributed by atoms with Gasteiger partial charge in [-0.15, -0.1) is 0 Å². The van der Waals surface area contributed by atoms with E-state index < -0.39 is 11.3 Å². The summed E-state index contributed by atoms with van der Waals surface area (Å²) in [6.07, 6.45) is 0. The van der Waals surface area contributed by atoms with Crippen LogP contribution in [0.15, 0.2) is 18.2 Å². The molecule has 0 heterocycles. The maximum Gasteiger partial charge on any atom is 0.139 e. The van der Waals surface area contributed by atoms with Crippen LogP contribution in [0.5, 0.6) is 5.75 Å². The second kappa shape index (κ2) is 4.06. The summed E-state index contributed by atoms with van der Waals surface area (Å²) in [6.45, 7) is 0. The van der Waals surface area contributed by atoms with Crippen molar-refractivity contribution < 1.29 is 13.9 Å². The molecule has 0 saturated carbocycles. The smallest absolute Gasteiger partial charge is 0.139 e. The molecule has 0 radical (unpaired) electrons. The first-order chi connectivity index (χ1) is 5.59. The van der Waals surface area contributed by atoms with Crippen molar-refractivity contribution in [3.63, 3.8) is 0 Å². The SMILES string of the molecule is O=S([O-])Nc1cc(I)ccc1O. The summed E-state index contributed by atoms with van der Waals surface area (Å²) in [7, 11) is 0. The van der Waals surface area contributed by atoms with Crippen molar-refractivity contribution in [2.75, 3.05) is 4.72 Å². The van der Waals surface area contributed by atoms with Gasteiger partial charge in [0.2, 0.25) is 0 Å². The van der Waals surface area contributed by atoms with Crippen molar-refractivity contribution in [2.24, 2.45) is 0 Å². The fourth-order valence-electron chi connectivity index (χ4n) is 0.680. The van der Waals surface area contributed by atoms with Gasteiger partial charge in [0.25, 0.3) is 0 Å². The van der Waals surface area contributed by atoms with Crippen LogP contribution in [-0.2, 0) is 11.3 Å². The molecule has 2 N–H and O–H groups in total. The number of aromatic hydroxyl groups is 1. The maximum absolute atomic E-state index is 10.2. The molecule has 1 atom stereocenters. The normalized spacial score (nSPS) is 12.5. The summed E-state index contributed by atoms with van der Waals surface area (Å²) < 4.78 is 23.3. The van der Waals surface area contributed by atoms with Crippen LogP contribution in [0.3, 0.4) is 0 Å². The number of benzene rings is 1. The number of phenols is 1. The minimum absolute atomic E-state index is 0.0837. The van der Waals surface area contributed by atoms with Gasteiger partial charge >= 0.3 is 0 Å². The van der Waals surface area contributed by atoms with Gasteiger partial charge in [-0.2, -0.15) is 0 Å². The Labute approximate surface area is 85.6 Å². The maximum atomic E-state index is 10.2. The van der Waals surface area contributed by atoms with Crippen molar-refractivity contribution in [1.82, 2.24) is 0 Å². The highest BCUT2D eigenvalue weighted by atomic mass is 127. The molecule has 0 aromatic heterocycles. The standard InChI is InChI=1S/C6H6INO3S/c7-4-1-2-6(9)5(3-4)8-12(10)11/h1-3,8-9H,(H,10,11)/p-1. The van der Waals surface area contributed by atoms with Gasteiger partial charge < -0.3 is 14.4 Å². The van der Waals surface area contributed by atoms with Crippen molar-refractivity contribution in [2.45, 2.75) is 0 Å². The van der Waals surface area contributed by atoms with Gasteiger partial charge in [-0.3, -0.25) is 4.21 Å². The van der Waals surface area contributed by atoms with Gasteiger partial charge in [0.05, 0.1) is 5.69 Å². The second-order valence-corrected chi connectivity index (χ2v) is 3.92. The van der Waals surface area contributed by atoms with Gasteiger partial charge in [-0.1, -0.05) is 0 Å². The van der Waals surface area contributed by atoms with E-state index >= 15 is 0 Å². The van der Waals surface area contributed by atoms with E-state index in [0.29, 0.717) is 0 Å². The third-order valence-corrected chi connectivity index (χ3v) is 2.21. The van der Waals surface area contributed by atoms with Crippen LogP contribution in [-0.4, -0.2) is 13.9 Å². The molecule has 4 nitrogen and oxygen atoms in total. The molecule has 12 heavy (non-hydrogen) atoms. The Kier molecular flexibility index (Phi) is 3.29. The first-order valence-corrected chi connectivity index (χ1v) is 5.09. The Bertz CT molecular complexity index is 318. The molecule has 0 saturated heterocycles. The zero-order chi connectivity index (χ0) is 9.14. The van der Waals surface area contributed by atoms with E-state index in [2.05, 4.69) is 4.72 Å². The summed E-state index contributed by atoms with van der Waals surface area (Å²) in [5, 5.41) is 9.14. The average Bonchev–Trinajstić information content (AvgIpc) is 1.96. The van der Waals surface area contributed by atoms with Crippen molar-refractivity contribution in [3.8, 4) is 5.75 Å². The summed E-state index contributed by atoms with van der Waals surface area (Å²) in [5.74, 6) is -0.0837. The lowest BCUT2D eigenvalue weighted by atomic mass is 10.3. The predicted molar refractivity (Wildman–Crippen MR) is 53.4 cm³/mol. The largest absolute Gasteiger partial charge is 0.755 e. The van der Waals surface area contributed by atoms with Gasteiger partial charge in [0, 0.05) is 14.8 Å². The molecule has 1 rings (SSSR count). The van der Waals surface area contributed by atoms with E-state index in [1.165, 1.54) is 12.1 Å². The molecule has 0 aliphatic rings. The molecule has 66 valence electrons. The fraction of sp³-hybridized carbons (Fsp3) is 0. The molecule has 1 aromatic carbocycles. The van der Waals surface area contributed by atoms with Crippen LogP contribution in [0.2, 0.25) is 0 Å². The van der Waals surface area contributed by atoms with E-state index in [4.69, 9.17) is 5.11 Å². The number of hydrogen-bond donors (Lipinski definition) is 2. The number of phenolic OH excluding ortho intramolecular Hbond substituents is 1. The van der Waals surface area contributed by atoms with Crippen LogP contribution in [0, 0.1) is 3.57 Å². The monoisotopic (exact) mass is 298 g/mol. The van der Waals surface area contributed by atoms with Crippen LogP contribution < -0.4 is 4.72 Å². The first kappa shape index (κ1) is 9.75. The molecule has 0 aliphatic heterocycles. The second-order valence-electron chi connectivity index (χ2n) is 2.00. The van der Waals surface area contributed by atoms with Crippen LogP contribution in [0.4, 0.5) is 5.69 Å². The molecule has 6 heteroatoms. The molecule has 0 spiro atoms. The van der Waals surface area contributed by atoms with Gasteiger partial charge in [-0.25, -0.2) is 0 Å². The number of rotatable bonds is 2. The van der Waals surface area contributed by atoms with E-state index in [0.717, 1.165) is 3.57 Å². The molecule has 0 fully saturated rings. The summed E-state index contributed by atoms with van der Waals surface area (Å²) in [4.78, 5) is 0. The zero-order valence-electron chi connectivity index (χ0n) is 5.78. The third-order valence-electron chi connectivity index (χ3n) is 1.15. The number of halogens is 1. The molecule has 0 bridgehead atoms. The van der Waals surface area contributed by atoms with E-state index in [1.807, 2.05) is 22.6 Å². The highest BCUT2D eigenvalue weighted by Crippen LogP contribution is 2.24. The Balaban J connectivity index is 2.97. The molecule has 0 aliphatic carbocycles. The van der Waals surface area contributed by atoms with Crippen molar-refractivity contribution in [1.29, 1.82) is 0 Å². The van der Waals surface area contributed by atoms with Gasteiger partial charge in [0.15, 0.2) is 0 Å². The predicted octanol–water partition coefficient (Wildman–Crippen LogP) is 1.20. The van der Waals surface area contributed by atoms with E-state index in [9.17, 15) is 8.76 Å². The lowest BCUT2D eigenvalue weighted by Crippen LogP contribution is -2.02. The summed E-state index contributed by atoms with van der Waals surface area (Å²) in [6, 6.07) is 4.64. The lowest BCUT2D eigenvalue weighted by molar-refractivity contribution is 0.477. The van der Waals surface area contributed by atoms with Crippen molar-refractivity contribution >= 4 is 39.5 Å². The molecular formula is C6H5INO3S-. The van der Waals surface area contributed by atoms with Crippen LogP contribution >= 0.6 is 22.6 Å². The Morgan fingerprint density at radius 1 is 1.58 bits per heavy atom.